The summed E-state index contributed by atoms with van der Waals surface area (Å²) >= 11 is 4.69. The van der Waals surface area contributed by atoms with E-state index in [9.17, 15) is 9.59 Å². The molecule has 1 atom stereocenters. The monoisotopic (exact) mass is 318 g/mol. The van der Waals surface area contributed by atoms with E-state index in [-0.39, 0.29) is 0 Å². The predicted octanol–water partition coefficient (Wildman–Crippen LogP) is 1.28. The van der Waals surface area contributed by atoms with Crippen LogP contribution in [0.1, 0.15) is 5.69 Å². The van der Waals surface area contributed by atoms with Crippen LogP contribution in [0.2, 0.25) is 0 Å². The molecule has 1 aromatic rings. The van der Waals surface area contributed by atoms with Crippen molar-refractivity contribution in [3.05, 3.63) is 28.5 Å². The van der Waals surface area contributed by atoms with E-state index in [1.165, 1.54) is 11.8 Å². The first-order valence-electron chi connectivity index (χ1n) is 4.74. The van der Waals surface area contributed by atoms with Gasteiger partial charge in [0.1, 0.15) is 6.04 Å². The van der Waals surface area contributed by atoms with Crippen LogP contribution in [0, 0.1) is 0 Å². The first-order valence-corrected chi connectivity index (χ1v) is 6.69. The Morgan fingerprint density at radius 1 is 1.65 bits per heavy atom. The molecule has 0 fully saturated rings. The molecule has 1 heterocycles. The highest BCUT2D eigenvalue weighted by molar-refractivity contribution is 9.10. The topological polar surface area (TPSA) is 79.3 Å². The van der Waals surface area contributed by atoms with Crippen LogP contribution in [0.3, 0.4) is 0 Å². The van der Waals surface area contributed by atoms with Crippen LogP contribution in [0.5, 0.6) is 0 Å². The minimum atomic E-state index is -1.03. The lowest BCUT2D eigenvalue weighted by molar-refractivity contribution is -0.139. The van der Waals surface area contributed by atoms with E-state index >= 15 is 0 Å². The molecule has 5 nitrogen and oxygen atoms in total. The van der Waals surface area contributed by atoms with Crippen molar-refractivity contribution < 1.29 is 14.7 Å². The molecule has 0 saturated carbocycles. The Morgan fingerprint density at radius 2 is 2.41 bits per heavy atom. The Morgan fingerprint density at radius 3 is 2.94 bits per heavy atom. The molecular weight excluding hydrogens is 308 g/mol. The summed E-state index contributed by atoms with van der Waals surface area (Å²) in [4.78, 5) is 25.1. The summed E-state index contributed by atoms with van der Waals surface area (Å²) in [6, 6.07) is 2.88. The summed E-state index contributed by atoms with van der Waals surface area (Å²) in [5.41, 5.74) is 0.869. The first-order chi connectivity index (χ1) is 8.13. The van der Waals surface area contributed by atoms with Gasteiger partial charge in [-0.15, -0.1) is 0 Å². The molecule has 2 N–H and O–H groups in total. The molecule has 17 heavy (non-hydrogen) atoms. The van der Waals surface area contributed by atoms with E-state index in [4.69, 9.17) is 5.11 Å². The van der Waals surface area contributed by atoms with Crippen molar-refractivity contribution in [2.75, 3.05) is 5.75 Å². The van der Waals surface area contributed by atoms with Crippen molar-refractivity contribution in [3.63, 3.8) is 0 Å². The zero-order valence-electron chi connectivity index (χ0n) is 8.80. The number of nitrogens with one attached hydrogen (secondary N) is 1. The fourth-order valence-corrected chi connectivity index (χ4v) is 2.25. The van der Waals surface area contributed by atoms with E-state index < -0.39 is 12.0 Å². The molecule has 0 aliphatic rings. The maximum absolute atomic E-state index is 10.7. The third-order valence-corrected chi connectivity index (χ3v) is 3.43. The van der Waals surface area contributed by atoms with Gasteiger partial charge in [-0.2, -0.15) is 11.8 Å². The van der Waals surface area contributed by atoms with Gasteiger partial charge < -0.3 is 10.4 Å². The van der Waals surface area contributed by atoms with Crippen molar-refractivity contribution >= 4 is 40.1 Å². The van der Waals surface area contributed by atoms with Crippen molar-refractivity contribution in [3.8, 4) is 0 Å². The van der Waals surface area contributed by atoms with Gasteiger partial charge in [-0.05, 0) is 28.1 Å². The lowest BCUT2D eigenvalue weighted by Crippen LogP contribution is -2.37. The number of hydrogen-bond acceptors (Lipinski definition) is 4. The van der Waals surface area contributed by atoms with Crippen molar-refractivity contribution in [2.24, 2.45) is 0 Å². The lowest BCUT2D eigenvalue weighted by atomic mass is 10.3. The molecule has 0 aromatic carbocycles. The van der Waals surface area contributed by atoms with Gasteiger partial charge in [0.05, 0.1) is 5.69 Å². The molecule has 0 spiro atoms. The van der Waals surface area contributed by atoms with Crippen molar-refractivity contribution in [2.45, 2.75) is 11.8 Å². The van der Waals surface area contributed by atoms with E-state index in [2.05, 4.69) is 26.2 Å². The van der Waals surface area contributed by atoms with Crippen LogP contribution in [0.4, 0.5) is 0 Å². The summed E-state index contributed by atoms with van der Waals surface area (Å²) in [5, 5.41) is 11.0. The number of carbonyl (C=O) groups excluding carboxylic acids is 1. The molecule has 0 radical (unpaired) electrons. The lowest BCUT2D eigenvalue weighted by Gasteiger charge is -2.10. The first kappa shape index (κ1) is 14.0. The SMILES string of the molecule is O=CNC(CSCc1ccc(Br)cn1)C(=O)O. The molecule has 1 rings (SSSR count). The molecule has 0 bridgehead atoms. The van der Waals surface area contributed by atoms with E-state index in [1.54, 1.807) is 6.20 Å². The van der Waals surface area contributed by atoms with Crippen molar-refractivity contribution in [1.29, 1.82) is 0 Å². The minimum absolute atomic E-state index is 0.311. The minimum Gasteiger partial charge on any atom is -0.480 e. The summed E-state index contributed by atoms with van der Waals surface area (Å²) in [7, 11) is 0. The van der Waals surface area contributed by atoms with Crippen molar-refractivity contribution in [1.82, 2.24) is 10.3 Å². The number of halogens is 1. The number of amides is 1. The standard InChI is InChI=1S/C10H11BrN2O3S/c11-7-1-2-8(12-3-7)4-17-5-9(10(15)16)13-6-14/h1-3,6,9H,4-5H2,(H,13,14)(H,15,16). The summed E-state index contributed by atoms with van der Waals surface area (Å²) < 4.78 is 0.900. The molecule has 1 unspecified atom stereocenters. The van der Waals surface area contributed by atoms with Crippen LogP contribution < -0.4 is 5.32 Å². The maximum Gasteiger partial charge on any atom is 0.327 e. The number of aliphatic carboxylic acids is 1. The second kappa shape index (κ2) is 7.29. The van der Waals surface area contributed by atoms with Gasteiger partial charge in [0.2, 0.25) is 6.41 Å². The zero-order valence-corrected chi connectivity index (χ0v) is 11.2. The summed E-state index contributed by atoms with van der Waals surface area (Å²) in [6.45, 7) is 0. The fourth-order valence-electron chi connectivity index (χ4n) is 1.05. The van der Waals surface area contributed by atoms with Gasteiger partial charge in [0, 0.05) is 22.2 Å². The second-order valence-electron chi connectivity index (χ2n) is 3.16. The van der Waals surface area contributed by atoms with Gasteiger partial charge >= 0.3 is 5.97 Å². The van der Waals surface area contributed by atoms with Gasteiger partial charge in [0.25, 0.3) is 0 Å². The molecule has 0 aliphatic heterocycles. The number of carboxylic acids is 1. The second-order valence-corrected chi connectivity index (χ2v) is 5.10. The van der Waals surface area contributed by atoms with Crippen LogP contribution in [0.25, 0.3) is 0 Å². The maximum atomic E-state index is 10.7. The third-order valence-electron chi connectivity index (χ3n) is 1.89. The van der Waals surface area contributed by atoms with Gasteiger partial charge in [-0.1, -0.05) is 0 Å². The molecule has 0 aliphatic carbocycles. The number of nitrogens with zero attached hydrogens (tertiary/aromatic N) is 1. The Bertz CT molecular complexity index is 386. The Hall–Kier alpha value is -1.08. The summed E-state index contributed by atoms with van der Waals surface area (Å²) in [5.74, 6) is -0.114. The van der Waals surface area contributed by atoms with E-state index in [0.29, 0.717) is 17.9 Å². The van der Waals surface area contributed by atoms with Crippen LogP contribution in [-0.4, -0.2) is 34.3 Å². The number of aromatic nitrogens is 1. The molecule has 0 saturated heterocycles. The van der Waals surface area contributed by atoms with Crippen LogP contribution >= 0.6 is 27.7 Å². The molecule has 92 valence electrons. The Labute approximate surface area is 111 Å². The molecule has 7 heteroatoms. The van der Waals surface area contributed by atoms with Gasteiger partial charge in [-0.25, -0.2) is 4.79 Å². The van der Waals surface area contributed by atoms with Gasteiger partial charge in [-0.3, -0.25) is 9.78 Å². The van der Waals surface area contributed by atoms with E-state index in [0.717, 1.165) is 10.2 Å². The van der Waals surface area contributed by atoms with Crippen LogP contribution in [-0.2, 0) is 15.3 Å². The Kier molecular flexibility index (Phi) is 5.99. The average molecular weight is 319 g/mol. The average Bonchev–Trinajstić information content (AvgIpc) is 2.30. The summed E-state index contributed by atoms with van der Waals surface area (Å²) in [6.07, 6.45) is 2.09. The number of pyridine rings is 1. The molecular formula is C10H11BrN2O3S. The highest BCUT2D eigenvalue weighted by Gasteiger charge is 2.15. The highest BCUT2D eigenvalue weighted by Crippen LogP contribution is 2.14. The Balaban J connectivity index is 2.37. The number of thioether (sulfide) groups is 1. The third kappa shape index (κ3) is 5.18. The number of rotatable bonds is 7. The van der Waals surface area contributed by atoms with E-state index in [1.807, 2.05) is 12.1 Å². The quantitative estimate of drug-likeness (QED) is 0.740. The largest absolute Gasteiger partial charge is 0.480 e. The van der Waals surface area contributed by atoms with Gasteiger partial charge in [0.15, 0.2) is 0 Å². The molecule has 1 aromatic heterocycles. The zero-order chi connectivity index (χ0) is 12.7. The number of carboxylic acid groups (broad SMARTS) is 1. The highest BCUT2D eigenvalue weighted by atomic mass is 79.9. The van der Waals surface area contributed by atoms with Crippen LogP contribution in [0.15, 0.2) is 22.8 Å². The predicted molar refractivity (Wildman–Crippen MR) is 68.7 cm³/mol. The number of hydrogen-bond donors (Lipinski definition) is 2. The molecule has 1 amide bonds. The fraction of sp³-hybridized carbons (Fsp3) is 0.300. The normalized spacial score (nSPS) is 11.8. The number of carbonyl (C=O) groups is 2. The smallest absolute Gasteiger partial charge is 0.327 e.